The molecule has 112 valence electrons. The number of ether oxygens (including phenoxy) is 1. The zero-order valence-corrected chi connectivity index (χ0v) is 15.6. The van der Waals surface area contributed by atoms with Gasteiger partial charge in [0.25, 0.3) is 0 Å². The van der Waals surface area contributed by atoms with Crippen LogP contribution in [-0.2, 0) is 0 Å². The highest BCUT2D eigenvalue weighted by atomic mass is 79.9. The Morgan fingerprint density at radius 2 is 1.76 bits per heavy atom. The molecule has 0 saturated heterocycles. The van der Waals surface area contributed by atoms with Crippen LogP contribution in [0.2, 0.25) is 0 Å². The van der Waals surface area contributed by atoms with Crippen LogP contribution in [0.15, 0.2) is 28.7 Å². The van der Waals surface area contributed by atoms with Crippen LogP contribution < -0.4 is 4.74 Å². The molecule has 1 atom stereocenters. The van der Waals surface area contributed by atoms with Crippen LogP contribution in [0.5, 0.6) is 5.75 Å². The number of methoxy groups -OCH3 is 1. The molecule has 2 aromatic carbocycles. The van der Waals surface area contributed by atoms with Crippen molar-refractivity contribution >= 4 is 31.9 Å². The molecule has 0 aliphatic carbocycles. The third-order valence-corrected chi connectivity index (χ3v) is 5.46. The minimum Gasteiger partial charge on any atom is -0.496 e. The van der Waals surface area contributed by atoms with Crippen molar-refractivity contribution in [3.8, 4) is 5.75 Å². The van der Waals surface area contributed by atoms with Gasteiger partial charge in [-0.1, -0.05) is 44.0 Å². The number of halogens is 3. The molecule has 0 saturated carbocycles. The molecule has 4 heteroatoms. The lowest BCUT2D eigenvalue weighted by molar-refractivity contribution is 0.406. The summed E-state index contributed by atoms with van der Waals surface area (Å²) in [4.78, 5) is -0.126. The van der Waals surface area contributed by atoms with Gasteiger partial charge in [0.2, 0.25) is 0 Å². The zero-order chi connectivity index (χ0) is 15.7. The molecular weight excluding hydrogens is 399 g/mol. The summed E-state index contributed by atoms with van der Waals surface area (Å²) < 4.78 is 20.4. The van der Waals surface area contributed by atoms with E-state index in [9.17, 15) is 4.39 Å². The van der Waals surface area contributed by atoms with Crippen molar-refractivity contribution in [2.75, 3.05) is 7.11 Å². The Kier molecular flexibility index (Phi) is 5.10. The molecule has 0 fully saturated rings. The van der Waals surface area contributed by atoms with Crippen LogP contribution in [0.25, 0.3) is 0 Å². The highest BCUT2D eigenvalue weighted by molar-refractivity contribution is 9.10. The van der Waals surface area contributed by atoms with Gasteiger partial charge in [0, 0.05) is 10.0 Å². The second-order valence-corrected chi connectivity index (χ2v) is 6.89. The van der Waals surface area contributed by atoms with Crippen molar-refractivity contribution in [2.45, 2.75) is 25.6 Å². The third-order valence-electron chi connectivity index (χ3n) is 3.65. The zero-order valence-electron chi connectivity index (χ0n) is 12.4. The standard InChI is InChI=1S/C17H17Br2FO/c1-9-5-6-12(8-14(9)20)16(19)15-11(3)13(18)7-10(2)17(15)21-4/h5-8,16H,1-4H3. The normalized spacial score (nSPS) is 12.3. The summed E-state index contributed by atoms with van der Waals surface area (Å²) in [7, 11) is 1.66. The Hall–Kier alpha value is -0.870. The summed E-state index contributed by atoms with van der Waals surface area (Å²) in [5, 5.41) is 0. The van der Waals surface area contributed by atoms with Crippen molar-refractivity contribution in [1.29, 1.82) is 0 Å². The maximum absolute atomic E-state index is 13.8. The van der Waals surface area contributed by atoms with Gasteiger partial charge in [0.15, 0.2) is 0 Å². The first-order chi connectivity index (χ1) is 9.86. The maximum atomic E-state index is 13.8. The van der Waals surface area contributed by atoms with Gasteiger partial charge in [0.05, 0.1) is 11.9 Å². The number of hydrogen-bond donors (Lipinski definition) is 0. The average Bonchev–Trinajstić information content (AvgIpc) is 2.44. The fourth-order valence-corrected chi connectivity index (χ4v) is 3.78. The van der Waals surface area contributed by atoms with E-state index in [0.29, 0.717) is 5.56 Å². The average molecular weight is 416 g/mol. The predicted molar refractivity (Wildman–Crippen MR) is 92.1 cm³/mol. The molecule has 0 bridgehead atoms. The van der Waals surface area contributed by atoms with E-state index in [1.807, 2.05) is 26.0 Å². The summed E-state index contributed by atoms with van der Waals surface area (Å²) in [6.45, 7) is 5.79. The molecular formula is C17H17Br2FO. The number of benzene rings is 2. The van der Waals surface area contributed by atoms with Crippen LogP contribution in [0.3, 0.4) is 0 Å². The maximum Gasteiger partial charge on any atom is 0.126 e. The molecule has 0 radical (unpaired) electrons. The highest BCUT2D eigenvalue weighted by Crippen LogP contribution is 2.43. The smallest absolute Gasteiger partial charge is 0.126 e. The lowest BCUT2D eigenvalue weighted by Gasteiger charge is -2.20. The molecule has 2 aromatic rings. The van der Waals surface area contributed by atoms with Crippen molar-refractivity contribution < 1.29 is 9.13 Å². The molecule has 1 nitrogen and oxygen atoms in total. The van der Waals surface area contributed by atoms with Crippen LogP contribution in [0.4, 0.5) is 4.39 Å². The van der Waals surface area contributed by atoms with E-state index in [0.717, 1.165) is 32.5 Å². The quantitative estimate of drug-likeness (QED) is 0.558. The van der Waals surface area contributed by atoms with E-state index in [1.165, 1.54) is 0 Å². The summed E-state index contributed by atoms with van der Waals surface area (Å²) >= 11 is 7.27. The Morgan fingerprint density at radius 3 is 2.33 bits per heavy atom. The fourth-order valence-electron chi connectivity index (χ4n) is 2.38. The first-order valence-corrected chi connectivity index (χ1v) is 8.31. The van der Waals surface area contributed by atoms with E-state index in [4.69, 9.17) is 4.74 Å². The second-order valence-electron chi connectivity index (χ2n) is 5.12. The minimum absolute atomic E-state index is 0.126. The number of aryl methyl sites for hydroxylation is 2. The SMILES string of the molecule is COc1c(C)cc(Br)c(C)c1C(Br)c1ccc(C)c(F)c1. The highest BCUT2D eigenvalue weighted by Gasteiger charge is 2.22. The first-order valence-electron chi connectivity index (χ1n) is 6.60. The van der Waals surface area contributed by atoms with Gasteiger partial charge in [-0.15, -0.1) is 0 Å². The number of rotatable bonds is 3. The van der Waals surface area contributed by atoms with Crippen LogP contribution in [0, 0.1) is 26.6 Å². The van der Waals surface area contributed by atoms with Gasteiger partial charge >= 0.3 is 0 Å². The molecule has 21 heavy (non-hydrogen) atoms. The molecule has 0 spiro atoms. The van der Waals surface area contributed by atoms with Crippen LogP contribution >= 0.6 is 31.9 Å². The van der Waals surface area contributed by atoms with Crippen molar-refractivity contribution in [3.63, 3.8) is 0 Å². The lowest BCUT2D eigenvalue weighted by Crippen LogP contribution is -2.03. The second kappa shape index (κ2) is 6.49. The summed E-state index contributed by atoms with van der Waals surface area (Å²) in [5.74, 6) is 0.638. The molecule has 1 unspecified atom stereocenters. The van der Waals surface area contributed by atoms with E-state index < -0.39 is 0 Å². The lowest BCUT2D eigenvalue weighted by atomic mass is 9.96. The molecule has 2 rings (SSSR count). The van der Waals surface area contributed by atoms with Gasteiger partial charge in [-0.3, -0.25) is 0 Å². The molecule has 0 aromatic heterocycles. The largest absolute Gasteiger partial charge is 0.496 e. The Morgan fingerprint density at radius 1 is 1.10 bits per heavy atom. The van der Waals surface area contributed by atoms with Crippen LogP contribution in [-0.4, -0.2) is 7.11 Å². The van der Waals surface area contributed by atoms with Gasteiger partial charge in [-0.05, 0) is 55.2 Å². The van der Waals surface area contributed by atoms with Gasteiger partial charge in [-0.2, -0.15) is 0 Å². The summed E-state index contributed by atoms with van der Waals surface area (Å²) in [6, 6.07) is 7.34. The fraction of sp³-hybridized carbons (Fsp3) is 0.294. The van der Waals surface area contributed by atoms with E-state index in [2.05, 4.69) is 31.9 Å². The summed E-state index contributed by atoms with van der Waals surface area (Å²) in [6.07, 6.45) is 0. The number of alkyl halides is 1. The number of hydrogen-bond acceptors (Lipinski definition) is 1. The molecule has 0 heterocycles. The predicted octanol–water partition coefficient (Wildman–Crippen LogP) is 6.01. The Labute approximate surface area is 141 Å². The Bertz CT molecular complexity index is 683. The Balaban J connectivity index is 2.62. The third kappa shape index (κ3) is 3.16. The molecule has 0 N–H and O–H groups in total. The van der Waals surface area contributed by atoms with Crippen LogP contribution in [0.1, 0.15) is 32.6 Å². The molecule has 0 aliphatic heterocycles. The van der Waals surface area contributed by atoms with Gasteiger partial charge in [-0.25, -0.2) is 4.39 Å². The van der Waals surface area contributed by atoms with E-state index in [-0.39, 0.29) is 10.6 Å². The molecule has 0 amide bonds. The van der Waals surface area contributed by atoms with Crippen molar-refractivity contribution in [1.82, 2.24) is 0 Å². The molecule has 0 aliphatic rings. The monoisotopic (exact) mass is 414 g/mol. The topological polar surface area (TPSA) is 9.23 Å². The van der Waals surface area contributed by atoms with Crippen molar-refractivity contribution in [3.05, 3.63) is 62.4 Å². The van der Waals surface area contributed by atoms with Gasteiger partial charge in [0.1, 0.15) is 11.6 Å². The summed E-state index contributed by atoms with van der Waals surface area (Å²) in [5.41, 5.74) is 4.67. The van der Waals surface area contributed by atoms with Gasteiger partial charge < -0.3 is 4.74 Å². The van der Waals surface area contributed by atoms with E-state index >= 15 is 0 Å². The van der Waals surface area contributed by atoms with Crippen molar-refractivity contribution in [2.24, 2.45) is 0 Å². The minimum atomic E-state index is -0.194. The first kappa shape index (κ1) is 16.5. The van der Waals surface area contributed by atoms with E-state index in [1.54, 1.807) is 26.2 Å².